The Labute approximate surface area is 147 Å². The number of nitrogens with zero attached hydrogens (tertiary/aromatic N) is 4. The number of terminal acetylenes is 1. The van der Waals surface area contributed by atoms with E-state index in [1.807, 2.05) is 16.7 Å². The van der Waals surface area contributed by atoms with E-state index in [0.29, 0.717) is 6.54 Å². The van der Waals surface area contributed by atoms with E-state index in [9.17, 15) is 0 Å². The maximum absolute atomic E-state index is 5.69. The molecule has 0 saturated carbocycles. The molecule has 1 fully saturated rings. The molecular weight excluding hydrogens is 376 g/mol. The van der Waals surface area contributed by atoms with Crippen LogP contribution in [0.25, 0.3) is 0 Å². The van der Waals surface area contributed by atoms with Crippen LogP contribution in [-0.2, 0) is 17.8 Å². The maximum Gasteiger partial charge on any atom is 0.197 e. The monoisotopic (exact) mass is 392 g/mol. The number of hydrogen-bond acceptors (Lipinski definition) is 5. The van der Waals surface area contributed by atoms with Crippen molar-refractivity contribution in [3.05, 3.63) is 44.4 Å². The van der Waals surface area contributed by atoms with Crippen molar-refractivity contribution in [3.63, 3.8) is 0 Å². The molecule has 0 radical (unpaired) electrons. The average molecular weight is 393 g/mol. The first-order valence-electron chi connectivity index (χ1n) is 7.34. The molecule has 2 aromatic heterocycles. The molecule has 3 heterocycles. The maximum atomic E-state index is 5.69. The largest absolute Gasteiger partial charge is 0.379 e. The molecule has 3 rings (SSSR count). The van der Waals surface area contributed by atoms with Crippen LogP contribution in [0.3, 0.4) is 0 Å². The molecule has 1 aliphatic rings. The third-order valence-electron chi connectivity index (χ3n) is 3.62. The number of thiazole rings is 1. The zero-order valence-corrected chi connectivity index (χ0v) is 15.0. The summed E-state index contributed by atoms with van der Waals surface area (Å²) in [6, 6.07) is 6.64. The van der Waals surface area contributed by atoms with Gasteiger partial charge in [0.15, 0.2) is 4.80 Å². The standard InChI is InChI=1S/C16H17BrN4OS/c1-2-21-14(11-20-6-8-22-9-7-20)12-23-16(21)19-10-13-4-3-5-18-15(13)17/h1,3-5,12H,6-11H2. The van der Waals surface area contributed by atoms with E-state index in [1.165, 1.54) is 0 Å². The van der Waals surface area contributed by atoms with Gasteiger partial charge in [-0.2, -0.15) is 0 Å². The lowest BCUT2D eigenvalue weighted by Gasteiger charge is -2.26. The van der Waals surface area contributed by atoms with Crippen LogP contribution in [-0.4, -0.2) is 40.8 Å². The highest BCUT2D eigenvalue weighted by molar-refractivity contribution is 9.10. The van der Waals surface area contributed by atoms with Gasteiger partial charge in [0.1, 0.15) is 4.60 Å². The number of morpholine rings is 1. The van der Waals surface area contributed by atoms with Gasteiger partial charge in [0.25, 0.3) is 0 Å². The first-order valence-corrected chi connectivity index (χ1v) is 9.01. The quantitative estimate of drug-likeness (QED) is 0.590. The topological polar surface area (TPSA) is 42.6 Å². The number of hydrogen-bond donors (Lipinski definition) is 0. The number of ether oxygens (including phenoxy) is 1. The summed E-state index contributed by atoms with van der Waals surface area (Å²) in [5.74, 6) is 0. The van der Waals surface area contributed by atoms with Gasteiger partial charge < -0.3 is 4.74 Å². The van der Waals surface area contributed by atoms with Gasteiger partial charge in [-0.15, -0.1) is 11.3 Å². The van der Waals surface area contributed by atoms with Crippen molar-refractivity contribution in [2.75, 3.05) is 26.3 Å². The minimum Gasteiger partial charge on any atom is -0.379 e. The van der Waals surface area contributed by atoms with Crippen LogP contribution in [0.4, 0.5) is 0 Å². The summed E-state index contributed by atoms with van der Waals surface area (Å²) in [5.41, 5.74) is 2.14. The summed E-state index contributed by atoms with van der Waals surface area (Å²) < 4.78 is 8.04. The smallest absolute Gasteiger partial charge is 0.197 e. The van der Waals surface area contributed by atoms with E-state index in [0.717, 1.165) is 53.5 Å². The van der Waals surface area contributed by atoms with Crippen molar-refractivity contribution in [2.45, 2.75) is 13.1 Å². The van der Waals surface area contributed by atoms with Crippen LogP contribution in [0.1, 0.15) is 11.3 Å². The molecule has 120 valence electrons. The Balaban J connectivity index is 1.79. The van der Waals surface area contributed by atoms with E-state index in [4.69, 9.17) is 11.2 Å². The Bertz CT molecular complexity index is 771. The molecule has 0 aromatic carbocycles. The van der Waals surface area contributed by atoms with Crippen LogP contribution in [0.2, 0.25) is 0 Å². The lowest BCUT2D eigenvalue weighted by Crippen LogP contribution is -2.36. The average Bonchev–Trinajstić information content (AvgIpc) is 2.96. The van der Waals surface area contributed by atoms with Gasteiger partial charge in [0, 0.05) is 42.8 Å². The second-order valence-electron chi connectivity index (χ2n) is 5.13. The van der Waals surface area contributed by atoms with Crippen molar-refractivity contribution in [3.8, 4) is 12.5 Å². The first kappa shape index (κ1) is 16.4. The minimum atomic E-state index is 0.549. The molecule has 2 aromatic rings. The summed E-state index contributed by atoms with van der Waals surface area (Å²) in [6.45, 7) is 4.83. The van der Waals surface area contributed by atoms with Gasteiger partial charge in [0.05, 0.1) is 25.5 Å². The van der Waals surface area contributed by atoms with Crippen LogP contribution in [0.5, 0.6) is 0 Å². The summed E-state index contributed by atoms with van der Waals surface area (Å²) in [5, 5.41) is 2.09. The predicted molar refractivity (Wildman–Crippen MR) is 93.8 cm³/mol. The van der Waals surface area contributed by atoms with E-state index in [1.54, 1.807) is 17.5 Å². The lowest BCUT2D eigenvalue weighted by atomic mass is 10.3. The highest BCUT2D eigenvalue weighted by Crippen LogP contribution is 2.13. The van der Waals surface area contributed by atoms with Crippen LogP contribution in [0.15, 0.2) is 33.3 Å². The first-order chi connectivity index (χ1) is 11.3. The summed E-state index contributed by atoms with van der Waals surface area (Å²) in [7, 11) is 0. The molecule has 0 spiro atoms. The minimum absolute atomic E-state index is 0.549. The zero-order valence-electron chi connectivity index (χ0n) is 12.6. The normalized spacial score (nSPS) is 16.4. The third kappa shape index (κ3) is 4.09. The number of pyridine rings is 1. The molecule has 23 heavy (non-hydrogen) atoms. The van der Waals surface area contributed by atoms with E-state index in [2.05, 4.69) is 42.2 Å². The Kier molecular flexibility index (Phi) is 5.62. The van der Waals surface area contributed by atoms with Crippen LogP contribution in [0, 0.1) is 12.5 Å². The molecule has 0 atom stereocenters. The third-order valence-corrected chi connectivity index (χ3v) is 5.24. The summed E-state index contributed by atoms with van der Waals surface area (Å²) in [6.07, 6.45) is 7.45. The SMILES string of the molecule is C#Cn1c(CN2CCOCC2)csc1=NCc1cccnc1Br. The van der Waals surface area contributed by atoms with Crippen molar-refractivity contribution in [1.29, 1.82) is 0 Å². The Morgan fingerprint density at radius 1 is 1.43 bits per heavy atom. The number of rotatable bonds is 4. The molecule has 0 unspecified atom stereocenters. The van der Waals surface area contributed by atoms with Crippen LogP contribution >= 0.6 is 27.3 Å². The molecule has 0 bridgehead atoms. The van der Waals surface area contributed by atoms with Crippen molar-refractivity contribution in [2.24, 2.45) is 4.99 Å². The van der Waals surface area contributed by atoms with E-state index >= 15 is 0 Å². The number of halogens is 1. The number of aromatic nitrogens is 2. The van der Waals surface area contributed by atoms with Gasteiger partial charge in [-0.25, -0.2) is 9.55 Å². The van der Waals surface area contributed by atoms with E-state index < -0.39 is 0 Å². The molecule has 0 aliphatic carbocycles. The fourth-order valence-corrected chi connectivity index (χ4v) is 3.59. The van der Waals surface area contributed by atoms with Crippen molar-refractivity contribution in [1.82, 2.24) is 14.5 Å². The molecule has 0 amide bonds. The summed E-state index contributed by atoms with van der Waals surface area (Å²) >= 11 is 5.02. The second-order valence-corrected chi connectivity index (χ2v) is 6.72. The highest BCUT2D eigenvalue weighted by Gasteiger charge is 2.13. The van der Waals surface area contributed by atoms with Crippen LogP contribution < -0.4 is 4.80 Å². The van der Waals surface area contributed by atoms with Gasteiger partial charge in [-0.3, -0.25) is 9.89 Å². The van der Waals surface area contributed by atoms with Crippen molar-refractivity contribution < 1.29 is 4.74 Å². The molecule has 1 aliphatic heterocycles. The Hall–Kier alpha value is -1.46. The van der Waals surface area contributed by atoms with Gasteiger partial charge in [0.2, 0.25) is 0 Å². The fourth-order valence-electron chi connectivity index (χ4n) is 2.38. The van der Waals surface area contributed by atoms with Gasteiger partial charge in [-0.1, -0.05) is 12.5 Å². The fraction of sp³-hybridized carbons (Fsp3) is 0.375. The zero-order chi connectivity index (χ0) is 16.1. The molecule has 1 saturated heterocycles. The Morgan fingerprint density at radius 2 is 2.26 bits per heavy atom. The molecule has 7 heteroatoms. The second kappa shape index (κ2) is 7.88. The molecule has 0 N–H and O–H groups in total. The Morgan fingerprint density at radius 3 is 3.00 bits per heavy atom. The lowest BCUT2D eigenvalue weighted by molar-refractivity contribution is 0.0334. The van der Waals surface area contributed by atoms with Crippen molar-refractivity contribution >= 4 is 27.3 Å². The van der Waals surface area contributed by atoms with E-state index in [-0.39, 0.29) is 0 Å². The summed E-state index contributed by atoms with van der Waals surface area (Å²) in [4.78, 5) is 12.0. The predicted octanol–water partition coefficient (Wildman–Crippen LogP) is 2.08. The molecular formula is C16H17BrN4OS. The van der Waals surface area contributed by atoms with Gasteiger partial charge in [-0.05, 0) is 22.0 Å². The van der Waals surface area contributed by atoms with Gasteiger partial charge >= 0.3 is 0 Å². The highest BCUT2D eigenvalue weighted by atomic mass is 79.9. The molecule has 5 nitrogen and oxygen atoms in total.